The van der Waals surface area contributed by atoms with Gasteiger partial charge in [0, 0.05) is 0 Å². The molecule has 0 unspecified atom stereocenters. The molecule has 0 radical (unpaired) electrons. The highest BCUT2D eigenvalue weighted by Crippen LogP contribution is 2.56. The lowest BCUT2D eigenvalue weighted by molar-refractivity contribution is -0.161. The molecule has 0 aromatic heterocycles. The van der Waals surface area contributed by atoms with Gasteiger partial charge in [0.2, 0.25) is 11.8 Å². The van der Waals surface area contributed by atoms with Crippen molar-refractivity contribution in [2.24, 2.45) is 29.6 Å². The van der Waals surface area contributed by atoms with Gasteiger partial charge in [-0.2, -0.15) is 0 Å². The van der Waals surface area contributed by atoms with Crippen LogP contribution in [-0.2, 0) is 19.1 Å². The zero-order chi connectivity index (χ0) is 15.3. The van der Waals surface area contributed by atoms with Crippen LogP contribution in [0.1, 0.15) is 40.0 Å². The van der Waals surface area contributed by atoms with E-state index in [-0.39, 0.29) is 36.2 Å². The number of carbonyl (C=O) groups is 3. The molecule has 2 bridgehead atoms. The Morgan fingerprint density at radius 1 is 1.19 bits per heavy atom. The van der Waals surface area contributed by atoms with E-state index < -0.39 is 12.0 Å². The summed E-state index contributed by atoms with van der Waals surface area (Å²) < 4.78 is 5.08. The van der Waals surface area contributed by atoms with Gasteiger partial charge in [0.1, 0.15) is 6.04 Å². The summed E-state index contributed by atoms with van der Waals surface area (Å²) in [5.74, 6) is -0.519. The minimum atomic E-state index is -0.769. The van der Waals surface area contributed by atoms with E-state index in [9.17, 15) is 14.4 Å². The van der Waals surface area contributed by atoms with Crippen molar-refractivity contribution in [3.63, 3.8) is 0 Å². The smallest absolute Gasteiger partial charge is 0.329 e. The molecule has 3 aliphatic rings. The molecule has 5 atom stereocenters. The predicted octanol–water partition coefficient (Wildman–Crippen LogP) is 1.61. The third-order valence-corrected chi connectivity index (χ3v) is 5.40. The third kappa shape index (κ3) is 2.00. The van der Waals surface area contributed by atoms with Gasteiger partial charge >= 0.3 is 5.97 Å². The molecule has 116 valence electrons. The summed E-state index contributed by atoms with van der Waals surface area (Å²) in [4.78, 5) is 38.9. The number of likely N-dealkylation sites (tertiary alicyclic amines) is 1. The molecule has 21 heavy (non-hydrogen) atoms. The lowest BCUT2D eigenvalue weighted by Gasteiger charge is -2.28. The molecule has 0 N–H and O–H groups in total. The van der Waals surface area contributed by atoms with E-state index in [1.54, 1.807) is 6.92 Å². The molecular weight excluding hydrogens is 270 g/mol. The van der Waals surface area contributed by atoms with Crippen LogP contribution in [0.5, 0.6) is 0 Å². The van der Waals surface area contributed by atoms with Gasteiger partial charge in [0.25, 0.3) is 0 Å². The molecule has 2 saturated carbocycles. The summed E-state index contributed by atoms with van der Waals surface area (Å²) in [5, 5.41) is 0. The van der Waals surface area contributed by atoms with Crippen molar-refractivity contribution in [1.82, 2.24) is 4.90 Å². The van der Waals surface area contributed by atoms with E-state index in [2.05, 4.69) is 0 Å². The van der Waals surface area contributed by atoms with E-state index in [4.69, 9.17) is 4.74 Å². The molecule has 3 fully saturated rings. The van der Waals surface area contributed by atoms with Gasteiger partial charge in [-0.05, 0) is 43.9 Å². The van der Waals surface area contributed by atoms with Crippen LogP contribution >= 0.6 is 0 Å². The van der Waals surface area contributed by atoms with Gasteiger partial charge in [-0.1, -0.05) is 13.8 Å². The van der Waals surface area contributed by atoms with E-state index in [1.165, 1.54) is 4.90 Å². The minimum absolute atomic E-state index is 0.131. The predicted molar refractivity (Wildman–Crippen MR) is 74.9 cm³/mol. The van der Waals surface area contributed by atoms with Gasteiger partial charge in [-0.3, -0.25) is 14.5 Å². The summed E-state index contributed by atoms with van der Waals surface area (Å²) in [6.45, 7) is 5.70. The van der Waals surface area contributed by atoms with E-state index in [0.29, 0.717) is 11.8 Å². The molecule has 1 saturated heterocycles. The topological polar surface area (TPSA) is 63.7 Å². The Balaban J connectivity index is 1.89. The molecule has 0 spiro atoms. The van der Waals surface area contributed by atoms with Crippen LogP contribution in [-0.4, -0.2) is 35.3 Å². The molecular formula is C16H23NO4. The third-order valence-electron chi connectivity index (χ3n) is 5.40. The fraction of sp³-hybridized carbons (Fsp3) is 0.812. The highest BCUT2D eigenvalue weighted by Gasteiger charge is 2.62. The highest BCUT2D eigenvalue weighted by molar-refractivity contribution is 6.08. The molecule has 0 aromatic carbocycles. The van der Waals surface area contributed by atoms with Gasteiger partial charge in [-0.25, -0.2) is 4.79 Å². The number of rotatable bonds is 4. The van der Waals surface area contributed by atoms with Crippen LogP contribution in [0.4, 0.5) is 0 Å². The Kier molecular flexibility index (Phi) is 3.54. The second kappa shape index (κ2) is 5.11. The minimum Gasteiger partial charge on any atom is -0.464 e. The van der Waals surface area contributed by atoms with Crippen LogP contribution in [0.25, 0.3) is 0 Å². The molecule has 5 nitrogen and oxygen atoms in total. The fourth-order valence-electron chi connectivity index (χ4n) is 4.61. The number of fused-ring (bicyclic) bond motifs is 5. The van der Waals surface area contributed by atoms with Crippen LogP contribution < -0.4 is 0 Å². The van der Waals surface area contributed by atoms with Crippen LogP contribution in [0.3, 0.4) is 0 Å². The maximum Gasteiger partial charge on any atom is 0.329 e. The number of hydrogen-bond donors (Lipinski definition) is 0. The maximum atomic E-state index is 12.7. The van der Waals surface area contributed by atoms with Crippen LogP contribution in [0.15, 0.2) is 0 Å². The first-order valence-electron chi connectivity index (χ1n) is 8.00. The lowest BCUT2D eigenvalue weighted by atomic mass is 9.81. The normalized spacial score (nSPS) is 35.5. The summed E-state index contributed by atoms with van der Waals surface area (Å²) in [6, 6.07) is -0.769. The first kappa shape index (κ1) is 14.5. The van der Waals surface area contributed by atoms with Crippen LogP contribution in [0.2, 0.25) is 0 Å². The summed E-state index contributed by atoms with van der Waals surface area (Å²) in [6.07, 6.45) is 3.10. The fourth-order valence-corrected chi connectivity index (χ4v) is 4.61. The number of ether oxygens (including phenoxy) is 1. The number of amides is 2. The molecule has 2 aliphatic carbocycles. The van der Waals surface area contributed by atoms with Crippen molar-refractivity contribution in [2.45, 2.75) is 46.1 Å². The average molecular weight is 293 g/mol. The number of carbonyl (C=O) groups excluding carboxylic acids is 3. The second-order valence-corrected chi connectivity index (χ2v) is 6.87. The molecule has 2 amide bonds. The Hall–Kier alpha value is -1.39. The van der Waals surface area contributed by atoms with Crippen molar-refractivity contribution < 1.29 is 19.1 Å². The first-order chi connectivity index (χ1) is 9.97. The zero-order valence-corrected chi connectivity index (χ0v) is 12.9. The van der Waals surface area contributed by atoms with E-state index in [0.717, 1.165) is 19.3 Å². The Bertz CT molecular complexity index is 459. The Labute approximate surface area is 125 Å². The van der Waals surface area contributed by atoms with Crippen molar-refractivity contribution >= 4 is 17.8 Å². The van der Waals surface area contributed by atoms with Gasteiger partial charge in [-0.15, -0.1) is 0 Å². The van der Waals surface area contributed by atoms with Crippen molar-refractivity contribution in [1.29, 1.82) is 0 Å². The van der Waals surface area contributed by atoms with Crippen molar-refractivity contribution in [3.05, 3.63) is 0 Å². The standard InChI is InChI=1S/C16H23NO4/c1-4-21-16(20)13(8(2)3)17-14(18)11-9-5-6-10(7-9)12(11)15(17)19/h8-13H,4-7H2,1-3H3/t9-,10-,11+,12+,13-/m0/s1. The molecule has 3 rings (SSSR count). The van der Waals surface area contributed by atoms with E-state index in [1.807, 2.05) is 13.8 Å². The quantitative estimate of drug-likeness (QED) is 0.583. The lowest BCUT2D eigenvalue weighted by Crippen LogP contribution is -2.49. The van der Waals surface area contributed by atoms with Crippen LogP contribution in [0, 0.1) is 29.6 Å². The SMILES string of the molecule is CCOC(=O)[C@H](C(C)C)N1C(=O)[C@@H]2[C@H]3CC[C@@H](C3)[C@H]2C1=O. The maximum absolute atomic E-state index is 12.7. The average Bonchev–Trinajstić information content (AvgIpc) is 3.08. The summed E-state index contributed by atoms with van der Waals surface area (Å²) in [7, 11) is 0. The van der Waals surface area contributed by atoms with E-state index >= 15 is 0 Å². The molecule has 5 heteroatoms. The second-order valence-electron chi connectivity index (χ2n) is 6.87. The van der Waals surface area contributed by atoms with Gasteiger partial charge < -0.3 is 4.74 Å². The Morgan fingerprint density at radius 2 is 1.71 bits per heavy atom. The number of esters is 1. The van der Waals surface area contributed by atoms with Gasteiger partial charge in [0.05, 0.1) is 18.4 Å². The molecule has 1 aliphatic heterocycles. The largest absolute Gasteiger partial charge is 0.464 e. The monoisotopic (exact) mass is 293 g/mol. The molecule has 0 aromatic rings. The summed E-state index contributed by atoms with van der Waals surface area (Å²) >= 11 is 0. The highest BCUT2D eigenvalue weighted by atomic mass is 16.5. The first-order valence-corrected chi connectivity index (χ1v) is 8.00. The summed E-state index contributed by atoms with van der Waals surface area (Å²) in [5.41, 5.74) is 0. The number of nitrogens with zero attached hydrogens (tertiary/aromatic N) is 1. The number of hydrogen-bond acceptors (Lipinski definition) is 4. The Morgan fingerprint density at radius 3 is 2.14 bits per heavy atom. The zero-order valence-electron chi connectivity index (χ0n) is 12.9. The molecule has 1 heterocycles. The number of imide groups is 1. The van der Waals surface area contributed by atoms with Crippen molar-refractivity contribution in [3.8, 4) is 0 Å². The van der Waals surface area contributed by atoms with Gasteiger partial charge in [0.15, 0.2) is 0 Å². The van der Waals surface area contributed by atoms with Crippen molar-refractivity contribution in [2.75, 3.05) is 6.61 Å².